The molecule has 0 radical (unpaired) electrons. The summed E-state index contributed by atoms with van der Waals surface area (Å²) in [5.41, 5.74) is 1.94. The number of nitrogens with two attached hydrogens (primary N) is 2. The van der Waals surface area contributed by atoms with Crippen molar-refractivity contribution in [2.24, 2.45) is 5.14 Å². The smallest absolute Gasteiger partial charge is 0.287 e. The van der Waals surface area contributed by atoms with Gasteiger partial charge < -0.3 is 5.32 Å². The molecule has 1 fully saturated rings. The first-order valence-electron chi connectivity index (χ1n) is 8.68. The Labute approximate surface area is 158 Å². The van der Waals surface area contributed by atoms with Gasteiger partial charge >= 0.3 is 0 Å². The fourth-order valence-electron chi connectivity index (χ4n) is 3.11. The molecule has 1 atom stereocenters. The number of likely N-dealkylation sites (tertiary alicyclic amines) is 1. The Morgan fingerprint density at radius 2 is 1.67 bits per heavy atom. The van der Waals surface area contributed by atoms with E-state index in [9.17, 15) is 18.0 Å². The molecule has 2 amide bonds. The van der Waals surface area contributed by atoms with Crippen LogP contribution in [-0.4, -0.2) is 37.7 Å². The number of imide groups is 1. The van der Waals surface area contributed by atoms with E-state index in [1.165, 1.54) is 17.0 Å². The summed E-state index contributed by atoms with van der Waals surface area (Å²) in [5, 5.41) is 6.89. The van der Waals surface area contributed by atoms with Crippen LogP contribution >= 0.6 is 0 Å². The average molecular weight is 388 g/mol. The van der Waals surface area contributed by atoms with Crippen molar-refractivity contribution >= 4 is 21.8 Å². The Hall–Kier alpha value is -2.55. The Balaban J connectivity index is 1.55. The first-order chi connectivity index (χ1) is 12.8. The van der Waals surface area contributed by atoms with E-state index in [1.54, 1.807) is 12.1 Å². The summed E-state index contributed by atoms with van der Waals surface area (Å²) in [5.74, 6) is -0.321. The molecule has 0 saturated carbocycles. The van der Waals surface area contributed by atoms with Crippen LogP contribution in [0.15, 0.2) is 59.5 Å². The van der Waals surface area contributed by atoms with Gasteiger partial charge in [-0.3, -0.25) is 14.5 Å². The lowest BCUT2D eigenvalue weighted by Crippen LogP contribution is -2.90. The largest absolute Gasteiger partial charge is 0.332 e. The van der Waals surface area contributed by atoms with Gasteiger partial charge in [0, 0.05) is 12.1 Å². The molecule has 142 valence electrons. The standard InChI is InChI=1S/C19H21N3O4S/c20-27(25,26)16-8-6-15(7-9-16)13-21-17-12-18(23)22(19(17)24)11-10-14-4-2-1-3-5-14/h1-9,17,21H,10-13H2,(H2,20,25,26)/p+1/t17-/m0/s1. The van der Waals surface area contributed by atoms with Crippen LogP contribution < -0.4 is 10.5 Å². The van der Waals surface area contributed by atoms with Crippen molar-refractivity contribution in [1.29, 1.82) is 0 Å². The summed E-state index contributed by atoms with van der Waals surface area (Å²) in [4.78, 5) is 26.1. The highest BCUT2D eigenvalue weighted by molar-refractivity contribution is 7.89. The summed E-state index contributed by atoms with van der Waals surface area (Å²) in [6, 6.07) is 15.5. The number of carbonyl (C=O) groups excluding carboxylic acids is 2. The van der Waals surface area contributed by atoms with Crippen LogP contribution in [0.2, 0.25) is 0 Å². The second kappa shape index (κ2) is 7.99. The van der Waals surface area contributed by atoms with Crippen molar-refractivity contribution in [2.45, 2.75) is 30.3 Å². The van der Waals surface area contributed by atoms with Gasteiger partial charge in [-0.05, 0) is 24.1 Å². The van der Waals surface area contributed by atoms with Gasteiger partial charge in [0.1, 0.15) is 6.54 Å². The van der Waals surface area contributed by atoms with Crippen molar-refractivity contribution in [3.8, 4) is 0 Å². The zero-order valence-electron chi connectivity index (χ0n) is 14.7. The van der Waals surface area contributed by atoms with Gasteiger partial charge in [-0.2, -0.15) is 0 Å². The van der Waals surface area contributed by atoms with Crippen LogP contribution in [0.5, 0.6) is 0 Å². The van der Waals surface area contributed by atoms with E-state index in [0.717, 1.165) is 11.1 Å². The predicted molar refractivity (Wildman–Crippen MR) is 98.7 cm³/mol. The van der Waals surface area contributed by atoms with Crippen molar-refractivity contribution in [3.63, 3.8) is 0 Å². The Kier molecular flexibility index (Phi) is 5.69. The predicted octanol–water partition coefficient (Wildman–Crippen LogP) is -0.232. The van der Waals surface area contributed by atoms with Crippen LogP contribution in [0, 0.1) is 0 Å². The fraction of sp³-hybridized carbons (Fsp3) is 0.263. The zero-order valence-corrected chi connectivity index (χ0v) is 15.6. The number of hydrogen-bond acceptors (Lipinski definition) is 4. The summed E-state index contributed by atoms with van der Waals surface area (Å²) in [7, 11) is -3.72. The third-order valence-electron chi connectivity index (χ3n) is 4.64. The summed E-state index contributed by atoms with van der Waals surface area (Å²) in [6.07, 6.45) is 0.822. The third kappa shape index (κ3) is 4.79. The molecule has 7 nitrogen and oxygen atoms in total. The van der Waals surface area contributed by atoms with Crippen molar-refractivity contribution < 1.29 is 23.3 Å². The van der Waals surface area contributed by atoms with Gasteiger partial charge in [0.2, 0.25) is 15.9 Å². The topological polar surface area (TPSA) is 114 Å². The third-order valence-corrected chi connectivity index (χ3v) is 5.56. The van der Waals surface area contributed by atoms with Crippen LogP contribution in [0.3, 0.4) is 0 Å². The molecule has 1 aliphatic heterocycles. The van der Waals surface area contributed by atoms with E-state index in [-0.39, 0.29) is 23.1 Å². The number of benzene rings is 2. The minimum Gasteiger partial charge on any atom is -0.332 e. The van der Waals surface area contributed by atoms with Crippen molar-refractivity contribution in [1.82, 2.24) is 4.90 Å². The maximum atomic E-state index is 12.5. The molecule has 0 bridgehead atoms. The quantitative estimate of drug-likeness (QED) is 0.638. The van der Waals surface area contributed by atoms with E-state index in [0.29, 0.717) is 19.5 Å². The lowest BCUT2D eigenvalue weighted by Gasteiger charge is -2.14. The lowest BCUT2D eigenvalue weighted by molar-refractivity contribution is -0.690. The molecule has 2 aromatic carbocycles. The molecule has 3 rings (SSSR count). The molecule has 27 heavy (non-hydrogen) atoms. The summed E-state index contributed by atoms with van der Waals surface area (Å²) >= 11 is 0. The molecular weight excluding hydrogens is 366 g/mol. The normalized spacial score (nSPS) is 17.5. The average Bonchev–Trinajstić information content (AvgIpc) is 2.92. The molecule has 1 aliphatic rings. The molecule has 4 N–H and O–H groups in total. The second-order valence-corrected chi connectivity index (χ2v) is 8.12. The van der Waals surface area contributed by atoms with Gasteiger partial charge in [0.15, 0.2) is 6.04 Å². The van der Waals surface area contributed by atoms with Gasteiger partial charge in [0.05, 0.1) is 11.3 Å². The monoisotopic (exact) mass is 388 g/mol. The molecule has 1 heterocycles. The van der Waals surface area contributed by atoms with Crippen molar-refractivity contribution in [3.05, 3.63) is 65.7 Å². The van der Waals surface area contributed by atoms with Gasteiger partial charge in [0.25, 0.3) is 5.91 Å². The minimum absolute atomic E-state index is 0.0467. The summed E-state index contributed by atoms with van der Waals surface area (Å²) in [6.45, 7) is 0.857. The number of sulfonamides is 1. The van der Waals surface area contributed by atoms with Gasteiger partial charge in [-0.1, -0.05) is 42.5 Å². The van der Waals surface area contributed by atoms with Crippen LogP contribution in [-0.2, 0) is 32.6 Å². The molecule has 8 heteroatoms. The Bertz CT molecular complexity index is 927. The molecule has 0 aromatic heterocycles. The highest BCUT2D eigenvalue weighted by Crippen LogP contribution is 2.13. The van der Waals surface area contributed by atoms with Gasteiger partial charge in [-0.15, -0.1) is 0 Å². The van der Waals surface area contributed by atoms with Crippen LogP contribution in [0.1, 0.15) is 17.5 Å². The number of hydrogen-bond donors (Lipinski definition) is 2. The fourth-order valence-corrected chi connectivity index (χ4v) is 3.62. The summed E-state index contributed by atoms with van der Waals surface area (Å²) < 4.78 is 22.5. The number of carbonyl (C=O) groups is 2. The van der Waals surface area contributed by atoms with E-state index >= 15 is 0 Å². The highest BCUT2D eigenvalue weighted by atomic mass is 32.2. The number of quaternary nitrogens is 1. The molecule has 1 saturated heterocycles. The number of amides is 2. The van der Waals surface area contributed by atoms with Crippen LogP contribution in [0.25, 0.3) is 0 Å². The first kappa shape index (κ1) is 19.2. The molecule has 0 aliphatic carbocycles. The maximum Gasteiger partial charge on any atom is 0.287 e. The number of rotatable bonds is 7. The van der Waals surface area contributed by atoms with E-state index in [2.05, 4.69) is 0 Å². The first-order valence-corrected chi connectivity index (χ1v) is 10.2. The van der Waals surface area contributed by atoms with E-state index in [1.807, 2.05) is 35.6 Å². The zero-order chi connectivity index (χ0) is 19.4. The van der Waals surface area contributed by atoms with Crippen LogP contribution in [0.4, 0.5) is 0 Å². The Morgan fingerprint density at radius 1 is 1.00 bits per heavy atom. The molecule has 0 unspecified atom stereocenters. The second-order valence-electron chi connectivity index (χ2n) is 6.56. The van der Waals surface area contributed by atoms with Gasteiger partial charge in [-0.25, -0.2) is 13.6 Å². The minimum atomic E-state index is -3.72. The van der Waals surface area contributed by atoms with Crippen molar-refractivity contribution in [2.75, 3.05) is 6.54 Å². The number of nitrogens with zero attached hydrogens (tertiary/aromatic N) is 1. The maximum absolute atomic E-state index is 12.5. The SMILES string of the molecule is NS(=O)(=O)c1ccc(C[NH2+][C@H]2CC(=O)N(CCc3ccccc3)C2=O)cc1. The lowest BCUT2D eigenvalue weighted by atomic mass is 10.1. The van der Waals surface area contributed by atoms with E-state index < -0.39 is 16.1 Å². The van der Waals surface area contributed by atoms with E-state index in [4.69, 9.17) is 5.14 Å². The Morgan fingerprint density at radius 3 is 2.30 bits per heavy atom. The molecular formula is C19H22N3O4S+. The molecule has 0 spiro atoms. The number of primary sulfonamides is 1. The molecule has 2 aromatic rings. The highest BCUT2D eigenvalue weighted by Gasteiger charge is 2.40.